The number of piperidine rings is 1. The van der Waals surface area contributed by atoms with E-state index in [1.165, 1.54) is 6.42 Å². The van der Waals surface area contributed by atoms with E-state index in [2.05, 4.69) is 33.0 Å². The Morgan fingerprint density at radius 2 is 1.64 bits per heavy atom. The molecule has 1 saturated carbocycles. The first-order chi connectivity index (χ1) is 13.5. The van der Waals surface area contributed by atoms with Crippen molar-refractivity contribution in [1.29, 1.82) is 0 Å². The molecule has 0 aromatic heterocycles. The molecule has 6 heteroatoms. The highest BCUT2D eigenvalue weighted by atomic mass is 79.9. The van der Waals surface area contributed by atoms with Crippen molar-refractivity contribution in [3.8, 4) is 0 Å². The Hall–Kier alpha value is -1.40. The normalized spacial score (nSPS) is 23.4. The molecule has 0 spiro atoms. The Morgan fingerprint density at radius 1 is 0.964 bits per heavy atom. The SMILES string of the molecule is CC(C(=O)N1CCCCC1)N1CCN(C(=O)C2(c3cccc(Br)c3)CC2)CC1. The summed E-state index contributed by atoms with van der Waals surface area (Å²) in [7, 11) is 0. The lowest BCUT2D eigenvalue weighted by atomic mass is 9.94. The van der Waals surface area contributed by atoms with Gasteiger partial charge in [0.25, 0.3) is 0 Å². The quantitative estimate of drug-likeness (QED) is 0.712. The number of amides is 2. The second-order valence-electron chi connectivity index (χ2n) is 8.48. The fraction of sp³-hybridized carbons (Fsp3) is 0.636. The molecular formula is C22H30BrN3O2. The van der Waals surface area contributed by atoms with Crippen LogP contribution in [0.4, 0.5) is 0 Å². The third-order valence-electron chi connectivity index (χ3n) is 6.71. The number of carbonyl (C=O) groups excluding carboxylic acids is 2. The van der Waals surface area contributed by atoms with Gasteiger partial charge in [-0.2, -0.15) is 0 Å². The zero-order valence-electron chi connectivity index (χ0n) is 16.7. The monoisotopic (exact) mass is 447 g/mol. The van der Waals surface area contributed by atoms with Crippen molar-refractivity contribution in [2.24, 2.45) is 0 Å². The van der Waals surface area contributed by atoms with Crippen LogP contribution in [0.3, 0.4) is 0 Å². The summed E-state index contributed by atoms with van der Waals surface area (Å²) in [4.78, 5) is 32.4. The molecule has 3 fully saturated rings. The summed E-state index contributed by atoms with van der Waals surface area (Å²) < 4.78 is 1.03. The molecule has 5 nitrogen and oxygen atoms in total. The van der Waals surface area contributed by atoms with Gasteiger partial charge in [0.2, 0.25) is 11.8 Å². The maximum Gasteiger partial charge on any atom is 0.239 e. The highest BCUT2D eigenvalue weighted by Crippen LogP contribution is 2.50. The van der Waals surface area contributed by atoms with Crippen molar-refractivity contribution in [3.63, 3.8) is 0 Å². The molecule has 0 radical (unpaired) electrons. The molecule has 152 valence electrons. The number of benzene rings is 1. The number of hydrogen-bond donors (Lipinski definition) is 0. The van der Waals surface area contributed by atoms with E-state index in [0.29, 0.717) is 13.1 Å². The van der Waals surface area contributed by atoms with Crippen molar-refractivity contribution in [2.45, 2.75) is 50.5 Å². The zero-order valence-corrected chi connectivity index (χ0v) is 18.3. The van der Waals surface area contributed by atoms with Gasteiger partial charge in [0.05, 0.1) is 11.5 Å². The van der Waals surface area contributed by atoms with Gasteiger partial charge in [-0.3, -0.25) is 14.5 Å². The first kappa shape index (κ1) is 19.9. The van der Waals surface area contributed by atoms with E-state index in [0.717, 1.165) is 61.9 Å². The van der Waals surface area contributed by atoms with Gasteiger partial charge >= 0.3 is 0 Å². The van der Waals surface area contributed by atoms with Crippen LogP contribution in [0.25, 0.3) is 0 Å². The van der Waals surface area contributed by atoms with Crippen LogP contribution in [0.2, 0.25) is 0 Å². The van der Waals surface area contributed by atoms with Gasteiger partial charge in [0.1, 0.15) is 0 Å². The van der Waals surface area contributed by atoms with E-state index in [1.807, 2.05) is 28.9 Å². The topological polar surface area (TPSA) is 43.9 Å². The first-order valence-electron chi connectivity index (χ1n) is 10.6. The highest BCUT2D eigenvalue weighted by Gasteiger charge is 2.53. The Bertz CT molecular complexity index is 735. The van der Waals surface area contributed by atoms with Gasteiger partial charge in [-0.05, 0) is 56.7 Å². The Balaban J connectivity index is 1.35. The molecule has 2 aliphatic heterocycles. The summed E-state index contributed by atoms with van der Waals surface area (Å²) in [6.45, 7) is 6.81. The first-order valence-corrected chi connectivity index (χ1v) is 11.4. The molecule has 28 heavy (non-hydrogen) atoms. The lowest BCUT2D eigenvalue weighted by Gasteiger charge is -2.40. The standard InChI is InChI=1S/C22H30BrN3O2/c1-17(20(27)25-10-3-2-4-11-25)24-12-14-26(15-13-24)21(28)22(8-9-22)18-6-5-7-19(23)16-18/h5-7,16-17H,2-4,8-15H2,1H3. The molecule has 0 N–H and O–H groups in total. The molecule has 0 bridgehead atoms. The van der Waals surface area contributed by atoms with Crippen LogP contribution in [0.15, 0.2) is 28.7 Å². The van der Waals surface area contributed by atoms with Crippen LogP contribution in [0.1, 0.15) is 44.6 Å². The minimum Gasteiger partial charge on any atom is -0.341 e. The van der Waals surface area contributed by atoms with Gasteiger partial charge in [0.15, 0.2) is 0 Å². The van der Waals surface area contributed by atoms with Crippen LogP contribution < -0.4 is 0 Å². The lowest BCUT2D eigenvalue weighted by Crippen LogP contribution is -2.57. The van der Waals surface area contributed by atoms with Crippen molar-refractivity contribution in [3.05, 3.63) is 34.3 Å². The summed E-state index contributed by atoms with van der Waals surface area (Å²) in [5, 5.41) is 0. The molecule has 2 saturated heterocycles. The summed E-state index contributed by atoms with van der Waals surface area (Å²) >= 11 is 3.53. The van der Waals surface area contributed by atoms with E-state index in [1.54, 1.807) is 0 Å². The van der Waals surface area contributed by atoms with Gasteiger partial charge in [0, 0.05) is 43.7 Å². The predicted molar refractivity (Wildman–Crippen MR) is 113 cm³/mol. The summed E-state index contributed by atoms with van der Waals surface area (Å²) in [6.07, 6.45) is 5.36. The fourth-order valence-electron chi connectivity index (χ4n) is 4.69. The number of piperazine rings is 1. The van der Waals surface area contributed by atoms with Crippen LogP contribution in [-0.4, -0.2) is 71.8 Å². The van der Waals surface area contributed by atoms with Crippen LogP contribution in [0.5, 0.6) is 0 Å². The smallest absolute Gasteiger partial charge is 0.239 e. The van der Waals surface area contributed by atoms with Crippen LogP contribution in [-0.2, 0) is 15.0 Å². The molecule has 2 amide bonds. The van der Waals surface area contributed by atoms with Crippen molar-refractivity contribution >= 4 is 27.7 Å². The second-order valence-corrected chi connectivity index (χ2v) is 9.40. The molecule has 4 rings (SSSR count). The Kier molecular flexibility index (Phi) is 5.79. The van der Waals surface area contributed by atoms with Gasteiger partial charge in [-0.25, -0.2) is 0 Å². The maximum atomic E-state index is 13.3. The van der Waals surface area contributed by atoms with E-state index in [-0.39, 0.29) is 23.3 Å². The largest absolute Gasteiger partial charge is 0.341 e. The zero-order chi connectivity index (χ0) is 19.7. The van der Waals surface area contributed by atoms with Crippen molar-refractivity contribution in [2.75, 3.05) is 39.3 Å². The summed E-state index contributed by atoms with van der Waals surface area (Å²) in [6, 6.07) is 8.09. The minimum atomic E-state index is -0.318. The minimum absolute atomic E-state index is 0.0877. The molecule has 1 aromatic carbocycles. The van der Waals surface area contributed by atoms with E-state index in [9.17, 15) is 9.59 Å². The van der Waals surface area contributed by atoms with Crippen LogP contribution >= 0.6 is 15.9 Å². The molecule has 1 unspecified atom stereocenters. The van der Waals surface area contributed by atoms with E-state index < -0.39 is 0 Å². The molecule has 1 aliphatic carbocycles. The molecule has 1 aromatic rings. The number of likely N-dealkylation sites (tertiary alicyclic amines) is 1. The van der Waals surface area contributed by atoms with Crippen molar-refractivity contribution < 1.29 is 9.59 Å². The van der Waals surface area contributed by atoms with E-state index >= 15 is 0 Å². The number of carbonyl (C=O) groups is 2. The number of rotatable bonds is 4. The number of hydrogen-bond acceptors (Lipinski definition) is 3. The number of nitrogens with zero attached hydrogens (tertiary/aromatic N) is 3. The summed E-state index contributed by atoms with van der Waals surface area (Å²) in [5.74, 6) is 0.521. The lowest BCUT2D eigenvalue weighted by molar-refractivity contribution is -0.140. The van der Waals surface area contributed by atoms with E-state index in [4.69, 9.17) is 0 Å². The van der Waals surface area contributed by atoms with Gasteiger partial charge < -0.3 is 9.80 Å². The highest BCUT2D eigenvalue weighted by molar-refractivity contribution is 9.10. The van der Waals surface area contributed by atoms with Crippen LogP contribution in [0, 0.1) is 0 Å². The molecule has 3 aliphatic rings. The summed E-state index contributed by atoms with van der Waals surface area (Å²) in [5.41, 5.74) is 0.809. The Labute approximate surface area is 176 Å². The third kappa shape index (κ3) is 3.86. The average Bonchev–Trinajstić information content (AvgIpc) is 3.55. The molecular weight excluding hydrogens is 418 g/mol. The van der Waals surface area contributed by atoms with Crippen molar-refractivity contribution in [1.82, 2.24) is 14.7 Å². The second kappa shape index (κ2) is 8.15. The predicted octanol–water partition coefficient (Wildman–Crippen LogP) is 3.03. The molecule has 2 heterocycles. The third-order valence-corrected chi connectivity index (χ3v) is 7.20. The average molecular weight is 448 g/mol. The van der Waals surface area contributed by atoms with Gasteiger partial charge in [-0.15, -0.1) is 0 Å². The maximum absolute atomic E-state index is 13.3. The Morgan fingerprint density at radius 3 is 2.25 bits per heavy atom. The molecule has 1 atom stereocenters. The number of halogens is 1. The fourth-order valence-corrected chi connectivity index (χ4v) is 5.09. The van der Waals surface area contributed by atoms with Gasteiger partial charge in [-0.1, -0.05) is 28.1 Å².